The molecule has 0 aliphatic carbocycles. The summed E-state index contributed by atoms with van der Waals surface area (Å²) in [6.07, 6.45) is 3.06. The van der Waals surface area contributed by atoms with E-state index in [0.29, 0.717) is 12.1 Å². The summed E-state index contributed by atoms with van der Waals surface area (Å²) in [5.41, 5.74) is 3.02. The van der Waals surface area contributed by atoms with Crippen LogP contribution in [0.15, 0.2) is 35.9 Å². The van der Waals surface area contributed by atoms with Gasteiger partial charge in [-0.3, -0.25) is 9.59 Å². The Hall–Kier alpha value is -2.14. The molecular weight excluding hydrogens is 338 g/mol. The molecule has 0 saturated heterocycles. The van der Waals surface area contributed by atoms with E-state index in [9.17, 15) is 9.59 Å². The first-order valence-corrected chi connectivity index (χ1v) is 9.76. The van der Waals surface area contributed by atoms with Gasteiger partial charge in [0.1, 0.15) is 6.04 Å². The zero-order chi connectivity index (χ0) is 20.0. The maximum Gasteiger partial charge on any atom is 0.251 e. The fourth-order valence-corrected chi connectivity index (χ4v) is 3.02. The summed E-state index contributed by atoms with van der Waals surface area (Å²) in [6.45, 7) is 12.6. The van der Waals surface area contributed by atoms with Crippen LogP contribution in [0.3, 0.4) is 0 Å². The van der Waals surface area contributed by atoms with Gasteiger partial charge in [-0.2, -0.15) is 0 Å². The van der Waals surface area contributed by atoms with E-state index in [0.717, 1.165) is 19.5 Å². The van der Waals surface area contributed by atoms with Gasteiger partial charge in [0.25, 0.3) is 5.91 Å². The molecule has 0 saturated carbocycles. The molecule has 5 nitrogen and oxygen atoms in total. The van der Waals surface area contributed by atoms with Gasteiger partial charge >= 0.3 is 0 Å². The molecule has 0 spiro atoms. The minimum Gasteiger partial charge on any atom is -0.351 e. The number of benzene rings is 1. The summed E-state index contributed by atoms with van der Waals surface area (Å²) in [5.74, 6) is -0.348. The largest absolute Gasteiger partial charge is 0.351 e. The molecule has 3 N–H and O–H groups in total. The van der Waals surface area contributed by atoms with Crippen molar-refractivity contribution >= 4 is 11.8 Å². The average Bonchev–Trinajstić information content (AvgIpc) is 2.64. The van der Waals surface area contributed by atoms with Crippen molar-refractivity contribution in [3.63, 3.8) is 0 Å². The predicted octanol–water partition coefficient (Wildman–Crippen LogP) is 2.77. The minimum absolute atomic E-state index is 0.00444. The second-order valence-corrected chi connectivity index (χ2v) is 8.56. The van der Waals surface area contributed by atoms with E-state index in [2.05, 4.69) is 42.8 Å². The second-order valence-electron chi connectivity index (χ2n) is 8.56. The Morgan fingerprint density at radius 1 is 1.15 bits per heavy atom. The van der Waals surface area contributed by atoms with Gasteiger partial charge in [0.15, 0.2) is 0 Å². The van der Waals surface area contributed by atoms with E-state index in [4.69, 9.17) is 0 Å². The van der Waals surface area contributed by atoms with E-state index < -0.39 is 6.04 Å². The lowest BCUT2D eigenvalue weighted by Gasteiger charge is -2.23. The molecular formula is C22H33N3O2. The minimum atomic E-state index is -0.554. The maximum atomic E-state index is 12.6. The predicted molar refractivity (Wildman–Crippen MR) is 110 cm³/mol. The Balaban J connectivity index is 1.98. The first kappa shape index (κ1) is 21.2. The van der Waals surface area contributed by atoms with Crippen LogP contribution < -0.4 is 16.0 Å². The van der Waals surface area contributed by atoms with Crippen LogP contribution in [0.2, 0.25) is 0 Å². The molecule has 0 fully saturated rings. The van der Waals surface area contributed by atoms with Crippen LogP contribution in [-0.2, 0) is 10.2 Å². The standard InChI is InChI=1S/C22H33N3O2/c1-15(2)19(21(27)24-14-16-10-12-23-13-11-16)25-20(26)17-6-8-18(9-7-17)22(3,4)5/h6-10,15,19,23H,11-14H2,1-5H3,(H,24,27)(H,25,26). The van der Waals surface area contributed by atoms with Crippen molar-refractivity contribution in [2.24, 2.45) is 5.92 Å². The molecule has 1 aromatic carbocycles. The Bertz CT molecular complexity index is 685. The molecule has 5 heteroatoms. The lowest BCUT2D eigenvalue weighted by Crippen LogP contribution is -2.50. The van der Waals surface area contributed by atoms with Crippen LogP contribution in [0, 0.1) is 5.92 Å². The number of rotatable bonds is 6. The third kappa shape index (κ3) is 6.21. The van der Waals surface area contributed by atoms with Gasteiger partial charge < -0.3 is 16.0 Å². The van der Waals surface area contributed by atoms with Gasteiger partial charge in [-0.25, -0.2) is 0 Å². The van der Waals surface area contributed by atoms with Crippen molar-refractivity contribution in [1.29, 1.82) is 0 Å². The van der Waals surface area contributed by atoms with Crippen molar-refractivity contribution in [2.75, 3.05) is 19.6 Å². The van der Waals surface area contributed by atoms with Crippen LogP contribution in [0.4, 0.5) is 0 Å². The van der Waals surface area contributed by atoms with E-state index in [-0.39, 0.29) is 23.1 Å². The van der Waals surface area contributed by atoms with E-state index in [1.807, 2.05) is 38.1 Å². The van der Waals surface area contributed by atoms with Crippen LogP contribution in [0.25, 0.3) is 0 Å². The fourth-order valence-electron chi connectivity index (χ4n) is 3.02. The molecule has 0 bridgehead atoms. The van der Waals surface area contributed by atoms with Gasteiger partial charge in [0.05, 0.1) is 0 Å². The number of carbonyl (C=O) groups is 2. The van der Waals surface area contributed by atoms with E-state index >= 15 is 0 Å². The molecule has 1 atom stereocenters. The molecule has 1 unspecified atom stereocenters. The molecule has 1 aromatic rings. The molecule has 27 heavy (non-hydrogen) atoms. The number of hydrogen-bond donors (Lipinski definition) is 3. The maximum absolute atomic E-state index is 12.6. The lowest BCUT2D eigenvalue weighted by molar-refractivity contribution is -0.123. The Morgan fingerprint density at radius 2 is 1.81 bits per heavy atom. The summed E-state index contributed by atoms with van der Waals surface area (Å²) in [5, 5.41) is 9.12. The summed E-state index contributed by atoms with van der Waals surface area (Å²) >= 11 is 0. The molecule has 2 rings (SSSR count). The van der Waals surface area contributed by atoms with E-state index in [1.165, 1.54) is 11.1 Å². The number of nitrogens with one attached hydrogen (secondary N) is 3. The SMILES string of the molecule is CC(C)C(NC(=O)c1ccc(C(C)(C)C)cc1)C(=O)NCC1=CCNCC1. The highest BCUT2D eigenvalue weighted by Gasteiger charge is 2.25. The van der Waals surface area contributed by atoms with Gasteiger partial charge in [0, 0.05) is 18.7 Å². The zero-order valence-corrected chi connectivity index (χ0v) is 17.2. The molecule has 1 heterocycles. The fraction of sp³-hybridized carbons (Fsp3) is 0.545. The van der Waals surface area contributed by atoms with Gasteiger partial charge in [-0.1, -0.05) is 58.4 Å². The molecule has 1 aliphatic heterocycles. The highest BCUT2D eigenvalue weighted by atomic mass is 16.2. The third-order valence-corrected chi connectivity index (χ3v) is 4.90. The Kier molecular flexibility index (Phi) is 7.19. The van der Waals surface area contributed by atoms with Gasteiger partial charge in [-0.15, -0.1) is 0 Å². The van der Waals surface area contributed by atoms with Gasteiger partial charge in [0.2, 0.25) is 5.91 Å². The third-order valence-electron chi connectivity index (χ3n) is 4.90. The van der Waals surface area contributed by atoms with E-state index in [1.54, 1.807) is 0 Å². The Labute approximate surface area is 163 Å². The Morgan fingerprint density at radius 3 is 2.33 bits per heavy atom. The highest BCUT2D eigenvalue weighted by molar-refractivity contribution is 5.97. The monoisotopic (exact) mass is 371 g/mol. The summed E-state index contributed by atoms with van der Waals surface area (Å²) in [7, 11) is 0. The van der Waals surface area contributed by atoms with Crippen molar-refractivity contribution in [3.8, 4) is 0 Å². The zero-order valence-electron chi connectivity index (χ0n) is 17.2. The summed E-state index contributed by atoms with van der Waals surface area (Å²) in [4.78, 5) is 25.2. The quantitative estimate of drug-likeness (QED) is 0.674. The van der Waals surface area contributed by atoms with Crippen LogP contribution in [0.5, 0.6) is 0 Å². The number of carbonyl (C=O) groups excluding carboxylic acids is 2. The van der Waals surface area contributed by atoms with Gasteiger partial charge in [-0.05, 0) is 42.0 Å². The molecule has 1 aliphatic rings. The molecule has 0 radical (unpaired) electrons. The van der Waals surface area contributed by atoms with Crippen molar-refractivity contribution < 1.29 is 9.59 Å². The van der Waals surface area contributed by atoms with Crippen LogP contribution >= 0.6 is 0 Å². The molecule has 2 amide bonds. The number of amides is 2. The smallest absolute Gasteiger partial charge is 0.251 e. The lowest BCUT2D eigenvalue weighted by atomic mass is 9.86. The van der Waals surface area contributed by atoms with Crippen molar-refractivity contribution in [2.45, 2.75) is 52.5 Å². The number of hydrogen-bond acceptors (Lipinski definition) is 3. The first-order valence-electron chi connectivity index (χ1n) is 9.76. The first-order chi connectivity index (χ1) is 12.7. The second kappa shape index (κ2) is 9.18. The molecule has 148 valence electrons. The van der Waals surface area contributed by atoms with Crippen LogP contribution in [0.1, 0.15) is 57.0 Å². The van der Waals surface area contributed by atoms with Crippen LogP contribution in [-0.4, -0.2) is 37.5 Å². The average molecular weight is 372 g/mol. The van der Waals surface area contributed by atoms with Crippen molar-refractivity contribution in [3.05, 3.63) is 47.0 Å². The van der Waals surface area contributed by atoms with Crippen molar-refractivity contribution in [1.82, 2.24) is 16.0 Å². The summed E-state index contributed by atoms with van der Waals surface area (Å²) < 4.78 is 0. The topological polar surface area (TPSA) is 70.2 Å². The summed E-state index contributed by atoms with van der Waals surface area (Å²) in [6, 6.07) is 7.05. The normalized spacial score (nSPS) is 15.9. The molecule has 0 aromatic heterocycles. The highest BCUT2D eigenvalue weighted by Crippen LogP contribution is 2.22.